The fourth-order valence-corrected chi connectivity index (χ4v) is 2.39. The van der Waals surface area contributed by atoms with Gasteiger partial charge in [-0.05, 0) is 12.8 Å². The van der Waals surface area contributed by atoms with E-state index in [-0.39, 0.29) is 12.8 Å². The lowest BCUT2D eigenvalue weighted by atomic mass is 10.0. The van der Waals surface area contributed by atoms with Crippen LogP contribution >= 0.6 is 0 Å². The molecule has 0 aromatic carbocycles. The molecule has 0 spiro atoms. The Kier molecular flexibility index (Phi) is 8.57. The molecule has 5 nitrogen and oxygen atoms in total. The lowest BCUT2D eigenvalue weighted by Gasteiger charge is -2.24. The minimum absolute atomic E-state index is 0.0467. The van der Waals surface area contributed by atoms with Crippen molar-refractivity contribution in [2.45, 2.75) is 82.7 Å². The van der Waals surface area contributed by atoms with Crippen molar-refractivity contribution in [3.8, 4) is 0 Å². The third kappa shape index (κ3) is 7.07. The number of rotatable bonds is 6. The molecule has 3 N–H and O–H groups in total. The Hall–Kier alpha value is -0.910. The van der Waals surface area contributed by atoms with Gasteiger partial charge in [-0.15, -0.1) is 0 Å². The molecular weight excluding hydrogens is 272 g/mol. The maximum atomic E-state index is 11.7. The first-order valence-electron chi connectivity index (χ1n) is 7.95. The zero-order valence-corrected chi connectivity index (χ0v) is 12.8. The van der Waals surface area contributed by atoms with Crippen LogP contribution in [0.3, 0.4) is 0 Å². The van der Waals surface area contributed by atoms with Crippen LogP contribution in [0, 0.1) is 0 Å². The number of ether oxygens (including phenoxy) is 1. The van der Waals surface area contributed by atoms with Crippen LogP contribution in [0.15, 0.2) is 12.2 Å². The Bertz CT molecular complexity index is 329. The first-order chi connectivity index (χ1) is 10.0. The number of hydrogen-bond donors (Lipinski definition) is 3. The Labute approximate surface area is 126 Å². The summed E-state index contributed by atoms with van der Waals surface area (Å²) in [6.07, 6.45) is 5.39. The zero-order chi connectivity index (χ0) is 15.7. The van der Waals surface area contributed by atoms with Gasteiger partial charge in [0.1, 0.15) is 6.10 Å². The quantitative estimate of drug-likeness (QED) is 0.395. The van der Waals surface area contributed by atoms with Gasteiger partial charge in [0.05, 0.1) is 18.3 Å². The Morgan fingerprint density at radius 1 is 1.33 bits per heavy atom. The number of cyclic esters (lactones) is 1. The summed E-state index contributed by atoms with van der Waals surface area (Å²) in [6.45, 7) is 2.13. The molecule has 0 aliphatic carbocycles. The van der Waals surface area contributed by atoms with Crippen molar-refractivity contribution in [3.05, 3.63) is 12.2 Å². The van der Waals surface area contributed by atoms with Crippen molar-refractivity contribution in [1.29, 1.82) is 0 Å². The number of aliphatic hydroxyl groups excluding tert-OH is 3. The van der Waals surface area contributed by atoms with E-state index >= 15 is 0 Å². The minimum Gasteiger partial charge on any atom is -0.459 e. The molecule has 0 saturated carbocycles. The average Bonchev–Trinajstić information content (AvgIpc) is 2.47. The van der Waals surface area contributed by atoms with Crippen molar-refractivity contribution >= 4 is 5.97 Å². The molecule has 1 aliphatic rings. The zero-order valence-electron chi connectivity index (χ0n) is 12.8. The van der Waals surface area contributed by atoms with Gasteiger partial charge in [-0.25, -0.2) is 0 Å². The fourth-order valence-electron chi connectivity index (χ4n) is 2.39. The van der Waals surface area contributed by atoms with Gasteiger partial charge in [-0.3, -0.25) is 4.79 Å². The Balaban J connectivity index is 2.53. The maximum Gasteiger partial charge on any atom is 0.306 e. The van der Waals surface area contributed by atoms with Crippen molar-refractivity contribution < 1.29 is 24.9 Å². The lowest BCUT2D eigenvalue weighted by molar-refractivity contribution is -0.156. The topological polar surface area (TPSA) is 87.0 Å². The van der Waals surface area contributed by atoms with E-state index in [0.29, 0.717) is 12.8 Å². The van der Waals surface area contributed by atoms with Gasteiger partial charge in [0.2, 0.25) is 0 Å². The standard InChI is InChI=1S/C16H28O5/c1-2-3-4-5-7-14(19)15-9-6-8-12(17)13(18)10-11-16(20)21-15/h6,8,12-15,17-19H,2-5,7,9-11H2,1H3/b8-6+/t12-,13-,14+,15+/m0/s1. The molecule has 0 fully saturated rings. The van der Waals surface area contributed by atoms with Crippen molar-refractivity contribution in [1.82, 2.24) is 0 Å². The highest BCUT2D eigenvalue weighted by Crippen LogP contribution is 2.17. The summed E-state index contributed by atoms with van der Waals surface area (Å²) in [4.78, 5) is 11.7. The number of carbonyl (C=O) groups is 1. The molecule has 4 atom stereocenters. The minimum atomic E-state index is -0.974. The molecule has 0 unspecified atom stereocenters. The van der Waals surface area contributed by atoms with Crippen LogP contribution in [0.25, 0.3) is 0 Å². The highest BCUT2D eigenvalue weighted by molar-refractivity contribution is 5.69. The van der Waals surface area contributed by atoms with Crippen LogP contribution in [0.5, 0.6) is 0 Å². The fraction of sp³-hybridized carbons (Fsp3) is 0.812. The van der Waals surface area contributed by atoms with E-state index in [2.05, 4.69) is 6.92 Å². The van der Waals surface area contributed by atoms with Gasteiger partial charge in [-0.1, -0.05) is 44.8 Å². The first-order valence-corrected chi connectivity index (χ1v) is 7.95. The SMILES string of the molecule is CCCCCC[C@@H](O)[C@H]1C/C=C/[C@H](O)[C@@H](O)CCC(=O)O1. The van der Waals surface area contributed by atoms with E-state index in [1.54, 1.807) is 6.08 Å². The van der Waals surface area contributed by atoms with Crippen molar-refractivity contribution in [3.63, 3.8) is 0 Å². The molecular formula is C16H28O5. The van der Waals surface area contributed by atoms with Crippen LogP contribution in [0.2, 0.25) is 0 Å². The van der Waals surface area contributed by atoms with Crippen LogP contribution in [-0.2, 0) is 9.53 Å². The van der Waals surface area contributed by atoms with Crippen molar-refractivity contribution in [2.24, 2.45) is 0 Å². The van der Waals surface area contributed by atoms with Gasteiger partial charge in [-0.2, -0.15) is 0 Å². The van der Waals surface area contributed by atoms with Gasteiger partial charge in [0.15, 0.2) is 0 Å². The molecule has 21 heavy (non-hydrogen) atoms. The second kappa shape index (κ2) is 9.92. The summed E-state index contributed by atoms with van der Waals surface area (Å²) in [6, 6.07) is 0. The molecule has 0 bridgehead atoms. The van der Waals surface area contributed by atoms with E-state index in [1.165, 1.54) is 6.08 Å². The highest BCUT2D eigenvalue weighted by atomic mass is 16.6. The van der Waals surface area contributed by atoms with E-state index in [0.717, 1.165) is 25.7 Å². The first kappa shape index (κ1) is 18.1. The molecule has 122 valence electrons. The Morgan fingerprint density at radius 2 is 2.10 bits per heavy atom. The summed E-state index contributed by atoms with van der Waals surface area (Å²) < 4.78 is 5.30. The molecule has 0 saturated heterocycles. The van der Waals surface area contributed by atoms with Gasteiger partial charge >= 0.3 is 5.97 Å². The molecule has 1 rings (SSSR count). The molecule has 0 amide bonds. The molecule has 0 radical (unpaired) electrons. The second-order valence-electron chi connectivity index (χ2n) is 5.71. The number of esters is 1. The monoisotopic (exact) mass is 300 g/mol. The van der Waals surface area contributed by atoms with E-state index < -0.39 is 30.4 Å². The predicted molar refractivity (Wildman–Crippen MR) is 79.7 cm³/mol. The maximum absolute atomic E-state index is 11.7. The second-order valence-corrected chi connectivity index (χ2v) is 5.71. The summed E-state index contributed by atoms with van der Waals surface area (Å²) in [5.74, 6) is -0.436. The number of carbonyl (C=O) groups excluding carboxylic acids is 1. The number of aliphatic hydroxyl groups is 3. The summed E-state index contributed by atoms with van der Waals surface area (Å²) in [5, 5.41) is 29.4. The molecule has 5 heteroatoms. The third-order valence-corrected chi connectivity index (χ3v) is 3.81. The average molecular weight is 300 g/mol. The van der Waals surface area contributed by atoms with Gasteiger partial charge in [0, 0.05) is 12.8 Å². The largest absolute Gasteiger partial charge is 0.459 e. The lowest BCUT2D eigenvalue weighted by Crippen LogP contribution is -2.33. The smallest absolute Gasteiger partial charge is 0.306 e. The summed E-state index contributed by atoms with van der Waals surface area (Å²) >= 11 is 0. The molecule has 0 aromatic rings. The van der Waals surface area contributed by atoms with Crippen LogP contribution in [0.1, 0.15) is 58.3 Å². The van der Waals surface area contributed by atoms with Gasteiger partial charge < -0.3 is 20.1 Å². The molecule has 0 aromatic heterocycles. The summed E-state index contributed by atoms with van der Waals surface area (Å²) in [7, 11) is 0. The van der Waals surface area contributed by atoms with Crippen LogP contribution < -0.4 is 0 Å². The van der Waals surface area contributed by atoms with E-state index in [9.17, 15) is 20.1 Å². The third-order valence-electron chi connectivity index (χ3n) is 3.81. The molecule has 1 heterocycles. The highest BCUT2D eigenvalue weighted by Gasteiger charge is 2.24. The Morgan fingerprint density at radius 3 is 2.81 bits per heavy atom. The van der Waals surface area contributed by atoms with Gasteiger partial charge in [0.25, 0.3) is 0 Å². The number of unbranched alkanes of at least 4 members (excludes halogenated alkanes) is 3. The molecule has 1 aliphatic heterocycles. The van der Waals surface area contributed by atoms with Crippen LogP contribution in [-0.4, -0.2) is 45.7 Å². The number of hydrogen-bond acceptors (Lipinski definition) is 5. The van der Waals surface area contributed by atoms with E-state index in [1.807, 2.05) is 0 Å². The van der Waals surface area contributed by atoms with Crippen molar-refractivity contribution in [2.75, 3.05) is 0 Å². The van der Waals surface area contributed by atoms with E-state index in [4.69, 9.17) is 4.74 Å². The predicted octanol–water partition coefficient (Wildman–Crippen LogP) is 1.69. The van der Waals surface area contributed by atoms with Crippen LogP contribution in [0.4, 0.5) is 0 Å². The normalized spacial score (nSPS) is 30.5. The summed E-state index contributed by atoms with van der Waals surface area (Å²) in [5.41, 5.74) is 0.